The van der Waals surface area contributed by atoms with Gasteiger partial charge in [0.05, 0.1) is 23.9 Å². The molecule has 2 aromatic heterocycles. The average Bonchev–Trinajstić information content (AvgIpc) is 3.51. The van der Waals surface area contributed by atoms with E-state index in [2.05, 4.69) is 27.3 Å². The van der Waals surface area contributed by atoms with E-state index >= 15 is 0 Å². The molecule has 2 aromatic carbocycles. The number of carbonyl (C=O) groups excluding carboxylic acids is 1. The van der Waals surface area contributed by atoms with Crippen LogP contribution in [0.1, 0.15) is 75.7 Å². The van der Waals surface area contributed by atoms with Crippen LogP contribution in [0.15, 0.2) is 73.3 Å². The Labute approximate surface area is 253 Å². The van der Waals surface area contributed by atoms with Crippen molar-refractivity contribution >= 4 is 11.9 Å². The molecule has 0 spiro atoms. The van der Waals surface area contributed by atoms with E-state index in [1.54, 1.807) is 23.3 Å². The average molecular weight is 584 g/mol. The summed E-state index contributed by atoms with van der Waals surface area (Å²) >= 11 is 0. The number of hydrogen-bond acceptors (Lipinski definition) is 6. The number of nitrogens with zero attached hydrogens (tertiary/aromatic N) is 4. The Morgan fingerprint density at radius 2 is 1.53 bits per heavy atom. The number of unbranched alkanes of at least 4 members (excludes halogenated alkanes) is 4. The van der Waals surface area contributed by atoms with Crippen molar-refractivity contribution < 1.29 is 19.4 Å². The standard InChI is InChI=1S/C34H41N5O4/c1-5-6-7-8-9-18-43-29-16-14-25(15-17-29)27-20-35-31(36-21-27)26-12-10-24(11-13-26)19-30(33(41)42)38-32(40)28-22-37-39(23-28)34(2,3)4/h10-17,20-23,30H,5-9,18-19H2,1-4H3,(H,38,40)(H,41,42)/t30-/m0/s1. The van der Waals surface area contributed by atoms with Gasteiger partial charge in [0.1, 0.15) is 11.8 Å². The summed E-state index contributed by atoms with van der Waals surface area (Å²) in [7, 11) is 0. The highest BCUT2D eigenvalue weighted by molar-refractivity contribution is 5.96. The van der Waals surface area contributed by atoms with E-state index in [1.165, 1.54) is 31.9 Å². The third-order valence-electron chi connectivity index (χ3n) is 7.14. The molecule has 0 bridgehead atoms. The molecule has 1 atom stereocenters. The van der Waals surface area contributed by atoms with Crippen LogP contribution in [0, 0.1) is 0 Å². The summed E-state index contributed by atoms with van der Waals surface area (Å²) in [6, 6.07) is 14.2. The molecular weight excluding hydrogens is 542 g/mol. The van der Waals surface area contributed by atoms with Gasteiger partial charge in [-0.1, -0.05) is 69.0 Å². The Kier molecular flexibility index (Phi) is 10.6. The van der Waals surface area contributed by atoms with Crippen LogP contribution < -0.4 is 10.1 Å². The fraction of sp³-hybridized carbons (Fsp3) is 0.382. The summed E-state index contributed by atoms with van der Waals surface area (Å²) in [4.78, 5) is 33.7. The maximum Gasteiger partial charge on any atom is 0.326 e. The first kappa shape index (κ1) is 31.4. The lowest BCUT2D eigenvalue weighted by atomic mass is 10.0. The van der Waals surface area contributed by atoms with Crippen LogP contribution in [0.3, 0.4) is 0 Å². The Bertz CT molecular complexity index is 1470. The van der Waals surface area contributed by atoms with Gasteiger partial charge in [-0.2, -0.15) is 5.10 Å². The van der Waals surface area contributed by atoms with E-state index in [0.29, 0.717) is 11.4 Å². The minimum atomic E-state index is -1.11. The molecule has 9 nitrogen and oxygen atoms in total. The van der Waals surface area contributed by atoms with Gasteiger partial charge >= 0.3 is 5.97 Å². The van der Waals surface area contributed by atoms with Crippen molar-refractivity contribution in [1.29, 1.82) is 0 Å². The number of carbonyl (C=O) groups is 2. The number of amides is 1. The number of ether oxygens (including phenoxy) is 1. The van der Waals surface area contributed by atoms with Crippen LogP contribution in [0.5, 0.6) is 5.75 Å². The molecule has 0 fully saturated rings. The molecule has 4 aromatic rings. The molecule has 0 aliphatic carbocycles. The van der Waals surface area contributed by atoms with Gasteiger partial charge in [-0.15, -0.1) is 0 Å². The van der Waals surface area contributed by atoms with Crippen LogP contribution in [-0.4, -0.2) is 49.4 Å². The number of aromatic nitrogens is 4. The van der Waals surface area contributed by atoms with Crippen molar-refractivity contribution in [1.82, 2.24) is 25.1 Å². The fourth-order valence-corrected chi connectivity index (χ4v) is 4.54. The smallest absolute Gasteiger partial charge is 0.326 e. The lowest BCUT2D eigenvalue weighted by molar-refractivity contribution is -0.139. The molecule has 4 rings (SSSR count). The molecule has 0 saturated carbocycles. The van der Waals surface area contributed by atoms with E-state index in [1.807, 2.05) is 69.3 Å². The summed E-state index contributed by atoms with van der Waals surface area (Å²) in [5.41, 5.74) is 3.51. The van der Waals surface area contributed by atoms with E-state index in [4.69, 9.17) is 4.74 Å². The molecule has 0 radical (unpaired) electrons. The van der Waals surface area contributed by atoms with E-state index in [9.17, 15) is 14.7 Å². The van der Waals surface area contributed by atoms with Gasteiger partial charge in [0.25, 0.3) is 5.91 Å². The fourth-order valence-electron chi connectivity index (χ4n) is 4.54. The van der Waals surface area contributed by atoms with Gasteiger partial charge < -0.3 is 15.2 Å². The molecule has 1 amide bonds. The zero-order valence-electron chi connectivity index (χ0n) is 25.4. The predicted molar refractivity (Wildman–Crippen MR) is 167 cm³/mol. The summed E-state index contributed by atoms with van der Waals surface area (Å²) in [5.74, 6) is -0.162. The zero-order chi connectivity index (χ0) is 30.8. The number of aliphatic carboxylic acids is 1. The summed E-state index contributed by atoms with van der Waals surface area (Å²) in [6.45, 7) is 8.85. The van der Waals surface area contributed by atoms with Crippen LogP contribution in [0.4, 0.5) is 0 Å². The van der Waals surface area contributed by atoms with Crippen molar-refractivity contribution in [3.8, 4) is 28.3 Å². The van der Waals surface area contributed by atoms with Gasteiger partial charge in [0.2, 0.25) is 0 Å². The van der Waals surface area contributed by atoms with Crippen LogP contribution in [0.25, 0.3) is 22.5 Å². The van der Waals surface area contributed by atoms with Crippen molar-refractivity contribution in [2.45, 2.75) is 77.8 Å². The van der Waals surface area contributed by atoms with Gasteiger partial charge in [-0.05, 0) is 50.5 Å². The summed E-state index contributed by atoms with van der Waals surface area (Å²) in [6.07, 6.45) is 12.8. The molecule has 2 heterocycles. The SMILES string of the molecule is CCCCCCCOc1ccc(-c2cnc(-c3ccc(C[C@H](NC(=O)c4cnn(C(C)(C)C)c4)C(=O)O)cc3)nc2)cc1. The van der Waals surface area contributed by atoms with E-state index in [0.717, 1.165) is 41.0 Å². The first-order valence-corrected chi connectivity index (χ1v) is 14.9. The van der Waals surface area contributed by atoms with Crippen LogP contribution in [0.2, 0.25) is 0 Å². The van der Waals surface area contributed by atoms with Crippen LogP contribution in [-0.2, 0) is 16.8 Å². The highest BCUT2D eigenvalue weighted by atomic mass is 16.5. The van der Waals surface area contributed by atoms with E-state index in [-0.39, 0.29) is 12.0 Å². The molecule has 43 heavy (non-hydrogen) atoms. The maximum absolute atomic E-state index is 12.7. The number of benzene rings is 2. The van der Waals surface area contributed by atoms with Crippen molar-refractivity contribution in [2.75, 3.05) is 6.61 Å². The number of rotatable bonds is 14. The Hall–Kier alpha value is -4.53. The van der Waals surface area contributed by atoms with Gasteiger partial charge in [-0.3, -0.25) is 9.48 Å². The Morgan fingerprint density at radius 1 is 0.884 bits per heavy atom. The third kappa shape index (κ3) is 8.98. The first-order chi connectivity index (χ1) is 20.6. The van der Waals surface area contributed by atoms with E-state index < -0.39 is 17.9 Å². The van der Waals surface area contributed by atoms with Gasteiger partial charge in [-0.25, -0.2) is 14.8 Å². The minimum Gasteiger partial charge on any atom is -0.494 e. The second kappa shape index (κ2) is 14.6. The highest BCUT2D eigenvalue weighted by Gasteiger charge is 2.23. The molecule has 0 aliphatic rings. The molecule has 0 unspecified atom stereocenters. The van der Waals surface area contributed by atoms with Crippen molar-refractivity contribution in [2.24, 2.45) is 0 Å². The summed E-state index contributed by atoms with van der Waals surface area (Å²) < 4.78 is 7.54. The topological polar surface area (TPSA) is 119 Å². The van der Waals surface area contributed by atoms with Crippen molar-refractivity contribution in [3.05, 3.63) is 84.4 Å². The number of hydrogen-bond donors (Lipinski definition) is 2. The molecule has 0 aliphatic heterocycles. The maximum atomic E-state index is 12.7. The quantitative estimate of drug-likeness (QED) is 0.162. The second-order valence-corrected chi connectivity index (χ2v) is 11.7. The Morgan fingerprint density at radius 3 is 2.14 bits per heavy atom. The van der Waals surface area contributed by atoms with Crippen LogP contribution >= 0.6 is 0 Å². The zero-order valence-corrected chi connectivity index (χ0v) is 25.4. The monoisotopic (exact) mass is 583 g/mol. The molecule has 226 valence electrons. The normalized spacial score (nSPS) is 12.1. The highest BCUT2D eigenvalue weighted by Crippen LogP contribution is 2.24. The molecule has 9 heteroatoms. The molecule has 2 N–H and O–H groups in total. The first-order valence-electron chi connectivity index (χ1n) is 14.9. The van der Waals surface area contributed by atoms with Gasteiger partial charge in [0.15, 0.2) is 5.82 Å². The molecule has 0 saturated heterocycles. The van der Waals surface area contributed by atoms with Crippen molar-refractivity contribution in [3.63, 3.8) is 0 Å². The van der Waals surface area contributed by atoms with Gasteiger partial charge in [0, 0.05) is 36.1 Å². The number of carboxylic acid groups (broad SMARTS) is 1. The number of carboxylic acids is 1. The summed E-state index contributed by atoms with van der Waals surface area (Å²) in [5, 5.41) is 16.6. The second-order valence-electron chi connectivity index (χ2n) is 11.7. The number of nitrogens with one attached hydrogen (secondary N) is 1. The lowest BCUT2D eigenvalue weighted by Gasteiger charge is -2.18. The minimum absolute atomic E-state index is 0.132. The lowest BCUT2D eigenvalue weighted by Crippen LogP contribution is -2.42. The third-order valence-corrected chi connectivity index (χ3v) is 7.14. The molecular formula is C34H41N5O4. The largest absolute Gasteiger partial charge is 0.494 e. The Balaban J connectivity index is 1.32. The predicted octanol–water partition coefficient (Wildman–Crippen LogP) is 6.54.